The highest BCUT2D eigenvalue weighted by Crippen LogP contribution is 2.38. The molecule has 0 aliphatic heterocycles. The van der Waals surface area contributed by atoms with Gasteiger partial charge >= 0.3 is 0 Å². The smallest absolute Gasteiger partial charge is 0.272 e. The third kappa shape index (κ3) is 3.96. The molecule has 1 aliphatic rings. The van der Waals surface area contributed by atoms with Gasteiger partial charge in [0.1, 0.15) is 0 Å². The molecule has 1 saturated carbocycles. The molecular formula is C17H26N2O2. The summed E-state index contributed by atoms with van der Waals surface area (Å²) in [5.41, 5.74) is 2.30. The number of nitro groups is 1. The van der Waals surface area contributed by atoms with Crippen LogP contribution in [0.3, 0.4) is 0 Å². The number of rotatable bonds is 3. The molecule has 0 amide bonds. The lowest BCUT2D eigenvalue weighted by molar-refractivity contribution is -0.385. The highest BCUT2D eigenvalue weighted by molar-refractivity contribution is 5.54. The Morgan fingerprint density at radius 2 is 1.81 bits per heavy atom. The van der Waals surface area contributed by atoms with Gasteiger partial charge in [0.2, 0.25) is 0 Å². The van der Waals surface area contributed by atoms with Crippen molar-refractivity contribution in [3.05, 3.63) is 33.9 Å². The number of hydrogen-bond acceptors (Lipinski definition) is 3. The molecule has 1 aliphatic carbocycles. The number of nitro benzene ring substituents is 1. The van der Waals surface area contributed by atoms with Crippen LogP contribution in [-0.2, 0) is 0 Å². The van der Waals surface area contributed by atoms with E-state index in [-0.39, 0.29) is 10.6 Å². The third-order valence-corrected chi connectivity index (χ3v) is 4.72. The first kappa shape index (κ1) is 15.8. The number of nitrogens with zero attached hydrogens (tertiary/aromatic N) is 1. The van der Waals surface area contributed by atoms with E-state index >= 15 is 0 Å². The number of nitrogens with one attached hydrogen (secondary N) is 1. The van der Waals surface area contributed by atoms with E-state index in [2.05, 4.69) is 26.1 Å². The molecule has 21 heavy (non-hydrogen) atoms. The van der Waals surface area contributed by atoms with Gasteiger partial charge in [-0.2, -0.15) is 0 Å². The first-order valence-electron chi connectivity index (χ1n) is 7.79. The Morgan fingerprint density at radius 3 is 2.29 bits per heavy atom. The molecule has 1 aromatic rings. The molecule has 1 N–H and O–H groups in total. The molecule has 4 heteroatoms. The lowest BCUT2D eigenvalue weighted by atomic mass is 9.71. The van der Waals surface area contributed by atoms with Crippen molar-refractivity contribution in [3.63, 3.8) is 0 Å². The standard InChI is InChI=1S/C17H26N2O2/c1-12-11-15(9-10-16(12)19(20)21)18-14-7-5-13(6-8-14)17(2,3)4/h9-11,13-14,18H,5-8H2,1-4H3. The Hall–Kier alpha value is -1.58. The van der Waals surface area contributed by atoms with Crippen LogP contribution in [0, 0.1) is 28.4 Å². The monoisotopic (exact) mass is 290 g/mol. The van der Waals surface area contributed by atoms with Crippen LogP contribution in [0.2, 0.25) is 0 Å². The van der Waals surface area contributed by atoms with Crippen molar-refractivity contribution < 1.29 is 4.92 Å². The summed E-state index contributed by atoms with van der Waals surface area (Å²) in [6.07, 6.45) is 4.87. The fraction of sp³-hybridized carbons (Fsp3) is 0.647. The van der Waals surface area contributed by atoms with Crippen LogP contribution in [-0.4, -0.2) is 11.0 Å². The molecule has 0 saturated heterocycles. The van der Waals surface area contributed by atoms with Gasteiger partial charge in [-0.15, -0.1) is 0 Å². The molecule has 1 aromatic carbocycles. The Labute approximate surface area is 127 Å². The lowest BCUT2D eigenvalue weighted by Crippen LogP contribution is -2.31. The highest BCUT2D eigenvalue weighted by atomic mass is 16.6. The Kier molecular flexibility index (Phi) is 4.55. The summed E-state index contributed by atoms with van der Waals surface area (Å²) in [6, 6.07) is 5.79. The molecule has 2 rings (SSSR count). The molecule has 4 nitrogen and oxygen atoms in total. The second kappa shape index (κ2) is 6.04. The summed E-state index contributed by atoms with van der Waals surface area (Å²) in [5.74, 6) is 0.800. The lowest BCUT2D eigenvalue weighted by Gasteiger charge is -2.37. The molecule has 1 fully saturated rings. The van der Waals surface area contributed by atoms with Gasteiger partial charge in [0.05, 0.1) is 4.92 Å². The van der Waals surface area contributed by atoms with Crippen LogP contribution in [0.1, 0.15) is 52.0 Å². The Bertz CT molecular complexity index is 512. The van der Waals surface area contributed by atoms with Crippen molar-refractivity contribution >= 4 is 11.4 Å². The van der Waals surface area contributed by atoms with E-state index in [0.717, 1.165) is 11.6 Å². The van der Waals surface area contributed by atoms with Crippen LogP contribution in [0.5, 0.6) is 0 Å². The number of benzene rings is 1. The molecule has 0 heterocycles. The van der Waals surface area contributed by atoms with E-state index in [9.17, 15) is 10.1 Å². The van der Waals surface area contributed by atoms with E-state index in [1.165, 1.54) is 25.7 Å². The summed E-state index contributed by atoms with van der Waals surface area (Å²) < 4.78 is 0. The fourth-order valence-corrected chi connectivity index (χ4v) is 3.29. The van der Waals surface area contributed by atoms with Gasteiger partial charge in [0.15, 0.2) is 0 Å². The van der Waals surface area contributed by atoms with E-state index in [1.807, 2.05) is 12.1 Å². The summed E-state index contributed by atoms with van der Waals surface area (Å²) >= 11 is 0. The third-order valence-electron chi connectivity index (χ3n) is 4.72. The van der Waals surface area contributed by atoms with Gasteiger partial charge in [-0.1, -0.05) is 20.8 Å². The number of anilines is 1. The highest BCUT2D eigenvalue weighted by Gasteiger charge is 2.29. The van der Waals surface area contributed by atoms with Gasteiger partial charge in [0.25, 0.3) is 5.69 Å². The van der Waals surface area contributed by atoms with Crippen LogP contribution in [0.15, 0.2) is 18.2 Å². The molecular weight excluding hydrogens is 264 g/mol. The van der Waals surface area contributed by atoms with Crippen molar-refractivity contribution in [1.29, 1.82) is 0 Å². The first-order chi connectivity index (χ1) is 9.77. The first-order valence-corrected chi connectivity index (χ1v) is 7.79. The zero-order valence-electron chi connectivity index (χ0n) is 13.5. The van der Waals surface area contributed by atoms with Crippen molar-refractivity contribution in [2.75, 3.05) is 5.32 Å². The van der Waals surface area contributed by atoms with Crippen molar-refractivity contribution in [3.8, 4) is 0 Å². The normalized spacial score (nSPS) is 22.9. The summed E-state index contributed by atoms with van der Waals surface area (Å²) in [5, 5.41) is 14.4. The minimum Gasteiger partial charge on any atom is -0.382 e. The molecule has 0 spiro atoms. The fourth-order valence-electron chi connectivity index (χ4n) is 3.29. The largest absolute Gasteiger partial charge is 0.382 e. The number of aryl methyl sites for hydroxylation is 1. The molecule has 0 aromatic heterocycles. The molecule has 116 valence electrons. The molecule has 0 atom stereocenters. The maximum Gasteiger partial charge on any atom is 0.272 e. The summed E-state index contributed by atoms with van der Waals surface area (Å²) in [6.45, 7) is 8.77. The molecule has 0 radical (unpaired) electrons. The SMILES string of the molecule is Cc1cc(NC2CCC(C(C)(C)C)CC2)ccc1[N+](=O)[O-]. The Morgan fingerprint density at radius 1 is 1.19 bits per heavy atom. The zero-order chi connectivity index (χ0) is 15.6. The zero-order valence-corrected chi connectivity index (χ0v) is 13.5. The van der Waals surface area contributed by atoms with Crippen molar-refractivity contribution in [1.82, 2.24) is 0 Å². The van der Waals surface area contributed by atoms with Gasteiger partial charge in [-0.25, -0.2) is 0 Å². The average Bonchev–Trinajstić information content (AvgIpc) is 2.38. The van der Waals surface area contributed by atoms with Crippen molar-refractivity contribution in [2.24, 2.45) is 11.3 Å². The van der Waals surface area contributed by atoms with E-state index < -0.39 is 0 Å². The van der Waals surface area contributed by atoms with E-state index in [4.69, 9.17) is 0 Å². The quantitative estimate of drug-likeness (QED) is 0.635. The maximum absolute atomic E-state index is 10.8. The van der Waals surface area contributed by atoms with Gasteiger partial charge in [-0.05, 0) is 56.1 Å². The average molecular weight is 290 g/mol. The van der Waals surface area contributed by atoms with Crippen LogP contribution < -0.4 is 5.32 Å². The van der Waals surface area contributed by atoms with E-state index in [1.54, 1.807) is 13.0 Å². The topological polar surface area (TPSA) is 55.2 Å². The molecule has 0 unspecified atom stereocenters. The predicted molar refractivity (Wildman–Crippen MR) is 86.7 cm³/mol. The summed E-state index contributed by atoms with van der Waals surface area (Å²) in [4.78, 5) is 10.5. The van der Waals surface area contributed by atoms with Gasteiger partial charge in [-0.3, -0.25) is 10.1 Å². The minimum absolute atomic E-state index is 0.192. The van der Waals surface area contributed by atoms with Gasteiger partial charge in [0, 0.05) is 23.4 Å². The second-order valence-corrected chi connectivity index (χ2v) is 7.32. The van der Waals surface area contributed by atoms with Crippen LogP contribution in [0.4, 0.5) is 11.4 Å². The van der Waals surface area contributed by atoms with Crippen molar-refractivity contribution in [2.45, 2.75) is 59.4 Å². The maximum atomic E-state index is 10.8. The number of hydrogen-bond donors (Lipinski definition) is 1. The predicted octanol–water partition coefficient (Wildman–Crippen LogP) is 4.92. The van der Waals surface area contributed by atoms with E-state index in [0.29, 0.717) is 17.0 Å². The summed E-state index contributed by atoms with van der Waals surface area (Å²) in [7, 11) is 0. The second-order valence-electron chi connectivity index (χ2n) is 7.32. The minimum atomic E-state index is -0.326. The van der Waals surface area contributed by atoms with Gasteiger partial charge < -0.3 is 5.32 Å². The Balaban J connectivity index is 1.95. The van der Waals surface area contributed by atoms with Crippen LogP contribution in [0.25, 0.3) is 0 Å². The molecule has 0 bridgehead atoms. The van der Waals surface area contributed by atoms with Crippen LogP contribution >= 0.6 is 0 Å².